The molecule has 1 aromatic rings. The zero-order valence-corrected chi connectivity index (χ0v) is 12.6. The van der Waals surface area contributed by atoms with Crippen LogP contribution in [-0.4, -0.2) is 5.11 Å². The Hall–Kier alpha value is -1.09. The van der Waals surface area contributed by atoms with Crippen LogP contribution in [0, 0.1) is 17.8 Å². The van der Waals surface area contributed by atoms with Crippen LogP contribution in [0.4, 0.5) is 5.69 Å². The smallest absolute Gasteiger partial charge is 0.168 e. The van der Waals surface area contributed by atoms with Crippen LogP contribution in [0.5, 0.6) is 0 Å². The molecule has 5 rings (SSSR count). The molecule has 0 heterocycles. The molecular formula is C17H22N2S. The first-order chi connectivity index (χ1) is 9.63. The maximum atomic E-state index is 5.53. The van der Waals surface area contributed by atoms with E-state index in [0.29, 0.717) is 10.5 Å². The van der Waals surface area contributed by atoms with Gasteiger partial charge in [-0.25, -0.2) is 0 Å². The molecule has 0 saturated heterocycles. The molecular weight excluding hydrogens is 264 g/mol. The molecule has 4 aliphatic rings. The summed E-state index contributed by atoms with van der Waals surface area (Å²) in [4.78, 5) is 0. The van der Waals surface area contributed by atoms with E-state index in [1.165, 1.54) is 38.5 Å². The largest absolute Gasteiger partial charge is 0.376 e. The molecule has 20 heavy (non-hydrogen) atoms. The van der Waals surface area contributed by atoms with Crippen molar-refractivity contribution in [2.75, 3.05) is 5.32 Å². The van der Waals surface area contributed by atoms with Gasteiger partial charge in [0.15, 0.2) is 5.11 Å². The van der Waals surface area contributed by atoms with Crippen molar-refractivity contribution in [3.05, 3.63) is 29.8 Å². The highest BCUT2D eigenvalue weighted by Gasteiger charge is 2.51. The van der Waals surface area contributed by atoms with Crippen molar-refractivity contribution in [2.24, 2.45) is 23.5 Å². The predicted octanol–water partition coefficient (Wildman–Crippen LogP) is 3.81. The van der Waals surface area contributed by atoms with Crippen LogP contribution in [-0.2, 0) is 5.41 Å². The van der Waals surface area contributed by atoms with E-state index in [2.05, 4.69) is 29.6 Å². The molecule has 3 N–H and O–H groups in total. The second-order valence-corrected chi connectivity index (χ2v) is 7.70. The van der Waals surface area contributed by atoms with Crippen LogP contribution in [0.25, 0.3) is 0 Å². The lowest BCUT2D eigenvalue weighted by Gasteiger charge is -2.57. The van der Waals surface area contributed by atoms with E-state index in [9.17, 15) is 0 Å². The first kappa shape index (κ1) is 12.6. The maximum Gasteiger partial charge on any atom is 0.168 e. The monoisotopic (exact) mass is 286 g/mol. The second-order valence-electron chi connectivity index (χ2n) is 7.26. The van der Waals surface area contributed by atoms with E-state index in [-0.39, 0.29) is 0 Å². The van der Waals surface area contributed by atoms with Crippen molar-refractivity contribution < 1.29 is 0 Å². The third kappa shape index (κ3) is 2.03. The molecule has 4 aliphatic carbocycles. The summed E-state index contributed by atoms with van der Waals surface area (Å²) >= 11 is 4.89. The molecule has 0 atom stereocenters. The van der Waals surface area contributed by atoms with Gasteiger partial charge in [0.25, 0.3) is 0 Å². The molecule has 0 unspecified atom stereocenters. The van der Waals surface area contributed by atoms with Crippen LogP contribution in [0.2, 0.25) is 0 Å². The highest BCUT2D eigenvalue weighted by Crippen LogP contribution is 2.60. The number of hydrogen-bond acceptors (Lipinski definition) is 1. The minimum absolute atomic E-state index is 0.340. The number of rotatable bonds is 2. The van der Waals surface area contributed by atoms with Crippen molar-refractivity contribution in [2.45, 2.75) is 43.9 Å². The van der Waals surface area contributed by atoms with Gasteiger partial charge in [0.1, 0.15) is 0 Å². The lowest BCUT2D eigenvalue weighted by molar-refractivity contribution is -0.00518. The standard InChI is InChI=1S/C17H22N2S/c18-16(20)19-15-3-1-14(2-4-15)17-8-11-5-12(9-17)7-13(6-11)10-17/h1-4,11-13H,5-10H2,(H3,18,19,20). The third-order valence-corrected chi connectivity index (χ3v) is 5.91. The average molecular weight is 286 g/mol. The van der Waals surface area contributed by atoms with Crippen molar-refractivity contribution >= 4 is 23.0 Å². The van der Waals surface area contributed by atoms with Gasteiger partial charge in [-0.1, -0.05) is 12.1 Å². The summed E-state index contributed by atoms with van der Waals surface area (Å²) in [5.41, 5.74) is 8.56. The van der Waals surface area contributed by atoms with Crippen LogP contribution in [0.15, 0.2) is 24.3 Å². The van der Waals surface area contributed by atoms with Crippen molar-refractivity contribution in [1.29, 1.82) is 0 Å². The van der Waals surface area contributed by atoms with Gasteiger partial charge in [0.2, 0.25) is 0 Å². The summed E-state index contributed by atoms with van der Waals surface area (Å²) < 4.78 is 0. The van der Waals surface area contributed by atoms with Gasteiger partial charge in [0, 0.05) is 5.69 Å². The average Bonchev–Trinajstić information content (AvgIpc) is 2.37. The molecule has 106 valence electrons. The van der Waals surface area contributed by atoms with Crippen LogP contribution in [0.3, 0.4) is 0 Å². The number of thiocarbonyl (C=S) groups is 1. The van der Waals surface area contributed by atoms with E-state index in [4.69, 9.17) is 18.0 Å². The van der Waals surface area contributed by atoms with Crippen molar-refractivity contribution in [1.82, 2.24) is 0 Å². The molecule has 3 heteroatoms. The first-order valence-electron chi connectivity index (χ1n) is 7.80. The predicted molar refractivity (Wildman–Crippen MR) is 86.7 cm³/mol. The fraction of sp³-hybridized carbons (Fsp3) is 0.588. The van der Waals surface area contributed by atoms with Gasteiger partial charge in [-0.15, -0.1) is 0 Å². The van der Waals surface area contributed by atoms with E-state index in [0.717, 1.165) is 23.4 Å². The zero-order valence-electron chi connectivity index (χ0n) is 11.8. The Balaban J connectivity index is 1.62. The van der Waals surface area contributed by atoms with Crippen LogP contribution in [0.1, 0.15) is 44.1 Å². The summed E-state index contributed by atoms with van der Waals surface area (Å²) in [5.74, 6) is 2.99. The van der Waals surface area contributed by atoms with Gasteiger partial charge >= 0.3 is 0 Å². The molecule has 0 aliphatic heterocycles. The van der Waals surface area contributed by atoms with Gasteiger partial charge < -0.3 is 11.1 Å². The normalized spacial score (nSPS) is 37.9. The Labute approximate surface area is 126 Å². The molecule has 4 bridgehead atoms. The van der Waals surface area contributed by atoms with Crippen LogP contribution < -0.4 is 11.1 Å². The zero-order chi connectivity index (χ0) is 13.7. The lowest BCUT2D eigenvalue weighted by atomic mass is 9.48. The Morgan fingerprint density at radius 1 is 1.00 bits per heavy atom. The summed E-state index contributed by atoms with van der Waals surface area (Å²) in [6, 6.07) is 8.86. The second kappa shape index (κ2) is 4.45. The van der Waals surface area contributed by atoms with E-state index in [1.807, 2.05) is 0 Å². The van der Waals surface area contributed by atoms with Gasteiger partial charge in [0.05, 0.1) is 0 Å². The summed E-state index contributed by atoms with van der Waals surface area (Å²) in [5, 5.41) is 3.36. The molecule has 0 amide bonds. The summed E-state index contributed by atoms with van der Waals surface area (Å²) in [7, 11) is 0. The highest BCUT2D eigenvalue weighted by molar-refractivity contribution is 7.80. The van der Waals surface area contributed by atoms with E-state index >= 15 is 0 Å². The minimum Gasteiger partial charge on any atom is -0.376 e. The molecule has 0 spiro atoms. The number of nitrogens with one attached hydrogen (secondary N) is 1. The molecule has 1 aromatic carbocycles. The Morgan fingerprint density at radius 3 is 1.95 bits per heavy atom. The SMILES string of the molecule is NC(=S)Nc1ccc(C23CC4CC(CC(C4)C2)C3)cc1. The Kier molecular flexibility index (Phi) is 2.81. The Bertz CT molecular complexity index is 499. The number of nitrogens with two attached hydrogens (primary N) is 1. The molecule has 4 saturated carbocycles. The molecule has 4 fully saturated rings. The van der Waals surface area contributed by atoms with Gasteiger partial charge in [-0.05, 0) is 91.6 Å². The number of hydrogen-bond donors (Lipinski definition) is 2. The lowest BCUT2D eigenvalue weighted by Crippen LogP contribution is -2.48. The number of anilines is 1. The fourth-order valence-corrected chi connectivity index (χ4v) is 5.63. The molecule has 0 radical (unpaired) electrons. The summed E-state index contributed by atoms with van der Waals surface area (Å²) in [6.07, 6.45) is 8.75. The van der Waals surface area contributed by atoms with Gasteiger partial charge in [-0.3, -0.25) is 0 Å². The Morgan fingerprint density at radius 2 is 1.50 bits per heavy atom. The van der Waals surface area contributed by atoms with E-state index in [1.54, 1.807) is 5.56 Å². The fourth-order valence-electron chi connectivity index (χ4n) is 5.51. The van der Waals surface area contributed by atoms with E-state index < -0.39 is 0 Å². The quantitative estimate of drug-likeness (QED) is 0.812. The van der Waals surface area contributed by atoms with Crippen LogP contribution >= 0.6 is 12.2 Å². The maximum absolute atomic E-state index is 5.53. The van der Waals surface area contributed by atoms with Gasteiger partial charge in [-0.2, -0.15) is 0 Å². The molecule has 2 nitrogen and oxygen atoms in total. The number of benzene rings is 1. The minimum atomic E-state index is 0.340. The first-order valence-corrected chi connectivity index (χ1v) is 8.21. The topological polar surface area (TPSA) is 38.0 Å². The molecule has 0 aromatic heterocycles. The van der Waals surface area contributed by atoms with Crippen molar-refractivity contribution in [3.8, 4) is 0 Å². The summed E-state index contributed by atoms with van der Waals surface area (Å²) in [6.45, 7) is 0. The third-order valence-electron chi connectivity index (χ3n) is 5.80. The highest BCUT2D eigenvalue weighted by atomic mass is 32.1. The van der Waals surface area contributed by atoms with Crippen molar-refractivity contribution in [3.63, 3.8) is 0 Å².